The second kappa shape index (κ2) is 10.8. The molecule has 0 aliphatic carbocycles. The zero-order valence-corrected chi connectivity index (χ0v) is 16.5. The monoisotopic (exact) mass is 444 g/mol. The Kier molecular flexibility index (Phi) is 8.36. The summed E-state index contributed by atoms with van der Waals surface area (Å²) >= 11 is 0. The van der Waals surface area contributed by atoms with Crippen LogP contribution in [0.25, 0.3) is 6.08 Å². The maximum atomic E-state index is 10.2. The molecule has 0 saturated carbocycles. The number of hydrogen-bond acceptors (Lipinski definition) is 11. The normalized spacial score (nSPS) is 39.1. The largest absolute Gasteiger partial charge is 0.508 e. The molecule has 1 aromatic carbocycles. The fraction of sp³-hybridized carbons (Fsp3) is 0.600. The third-order valence-electron chi connectivity index (χ3n) is 5.11. The summed E-state index contributed by atoms with van der Waals surface area (Å²) in [5.41, 5.74) is 0.812. The van der Waals surface area contributed by atoms with E-state index < -0.39 is 55.3 Å². The van der Waals surface area contributed by atoms with Gasteiger partial charge in [-0.1, -0.05) is 24.3 Å². The molecule has 2 aliphatic heterocycles. The van der Waals surface area contributed by atoms with Crippen LogP contribution in [0.1, 0.15) is 5.56 Å². The summed E-state index contributed by atoms with van der Waals surface area (Å²) in [6, 6.07) is 6.46. The molecule has 9 atom stereocenters. The number of ether oxygens (including phenoxy) is 4. The van der Waals surface area contributed by atoms with E-state index in [1.807, 2.05) is 0 Å². The smallest absolute Gasteiger partial charge is 0.187 e. The SMILES string of the molecule is Oc1ccc(C=CCOC2OC(COC3OCC(O)C(O)C3O)C(O)C(O)C2O)cc1. The summed E-state index contributed by atoms with van der Waals surface area (Å²) in [5, 5.41) is 68.7. The Balaban J connectivity index is 1.51. The van der Waals surface area contributed by atoms with Crippen LogP contribution in [-0.4, -0.2) is 111 Å². The molecule has 2 heterocycles. The van der Waals surface area contributed by atoms with Crippen molar-refractivity contribution in [1.29, 1.82) is 0 Å². The Hall–Kier alpha value is -1.64. The van der Waals surface area contributed by atoms with E-state index in [2.05, 4.69) is 0 Å². The molecule has 3 rings (SSSR count). The number of phenolic OH excluding ortho intramolecular Hbond substituents is 1. The summed E-state index contributed by atoms with van der Waals surface area (Å²) in [4.78, 5) is 0. The van der Waals surface area contributed by atoms with Crippen molar-refractivity contribution in [2.45, 2.75) is 55.3 Å². The summed E-state index contributed by atoms with van der Waals surface area (Å²) in [6.07, 6.45) is -9.10. The van der Waals surface area contributed by atoms with Gasteiger partial charge in [0, 0.05) is 0 Å². The molecule has 1 aromatic rings. The van der Waals surface area contributed by atoms with Crippen molar-refractivity contribution in [1.82, 2.24) is 0 Å². The average Bonchev–Trinajstić information content (AvgIpc) is 2.76. The maximum Gasteiger partial charge on any atom is 0.187 e. The van der Waals surface area contributed by atoms with Crippen molar-refractivity contribution >= 4 is 6.08 Å². The van der Waals surface area contributed by atoms with Crippen LogP contribution in [0.3, 0.4) is 0 Å². The second-order valence-corrected chi connectivity index (χ2v) is 7.43. The predicted octanol–water partition coefficient (Wildman–Crippen LogP) is -2.31. The minimum atomic E-state index is -1.57. The Labute approximate surface area is 178 Å². The highest BCUT2D eigenvalue weighted by molar-refractivity contribution is 5.50. The van der Waals surface area contributed by atoms with E-state index in [0.29, 0.717) is 0 Å². The molecule has 11 heteroatoms. The van der Waals surface area contributed by atoms with E-state index in [9.17, 15) is 35.7 Å². The Morgan fingerprint density at radius 3 is 2.23 bits per heavy atom. The van der Waals surface area contributed by atoms with Gasteiger partial charge in [-0.05, 0) is 17.7 Å². The highest BCUT2D eigenvalue weighted by Crippen LogP contribution is 2.24. The minimum absolute atomic E-state index is 0.0214. The number of benzene rings is 1. The van der Waals surface area contributed by atoms with E-state index in [1.54, 1.807) is 24.3 Å². The number of aliphatic hydroxyl groups is 6. The molecule has 2 saturated heterocycles. The first-order valence-corrected chi connectivity index (χ1v) is 9.82. The van der Waals surface area contributed by atoms with E-state index in [-0.39, 0.29) is 25.6 Å². The van der Waals surface area contributed by atoms with Crippen LogP contribution in [0.5, 0.6) is 5.75 Å². The van der Waals surface area contributed by atoms with E-state index in [1.165, 1.54) is 12.1 Å². The van der Waals surface area contributed by atoms with E-state index >= 15 is 0 Å². The van der Waals surface area contributed by atoms with E-state index in [4.69, 9.17) is 18.9 Å². The highest BCUT2D eigenvalue weighted by atomic mass is 16.7. The van der Waals surface area contributed by atoms with Gasteiger partial charge in [0.25, 0.3) is 0 Å². The molecule has 7 N–H and O–H groups in total. The minimum Gasteiger partial charge on any atom is -0.508 e. The first kappa shape index (κ1) is 24.0. The zero-order chi connectivity index (χ0) is 22.5. The van der Waals surface area contributed by atoms with Crippen LogP contribution < -0.4 is 0 Å². The fourth-order valence-corrected chi connectivity index (χ4v) is 3.23. The van der Waals surface area contributed by atoms with Crippen LogP contribution >= 0.6 is 0 Å². The lowest BCUT2D eigenvalue weighted by Gasteiger charge is -2.41. The Morgan fingerprint density at radius 2 is 1.52 bits per heavy atom. The van der Waals surface area contributed by atoms with Gasteiger partial charge in [0.1, 0.15) is 48.5 Å². The molecule has 31 heavy (non-hydrogen) atoms. The third-order valence-corrected chi connectivity index (χ3v) is 5.11. The van der Waals surface area contributed by atoms with Gasteiger partial charge in [0.05, 0.1) is 19.8 Å². The number of hydrogen-bond donors (Lipinski definition) is 7. The molecule has 174 valence electrons. The highest BCUT2D eigenvalue weighted by Gasteiger charge is 2.45. The summed E-state index contributed by atoms with van der Waals surface area (Å²) in [5.74, 6) is 0.143. The van der Waals surface area contributed by atoms with Crippen molar-refractivity contribution in [3.8, 4) is 5.75 Å². The van der Waals surface area contributed by atoms with Gasteiger partial charge in [0.2, 0.25) is 0 Å². The van der Waals surface area contributed by atoms with Gasteiger partial charge in [0.15, 0.2) is 12.6 Å². The van der Waals surface area contributed by atoms with Crippen molar-refractivity contribution < 1.29 is 54.7 Å². The molecular weight excluding hydrogens is 416 g/mol. The predicted molar refractivity (Wildman–Crippen MR) is 103 cm³/mol. The summed E-state index contributed by atoms with van der Waals surface area (Å²) in [6.45, 7) is -0.580. The number of aliphatic hydroxyl groups excluding tert-OH is 6. The van der Waals surface area contributed by atoms with Crippen molar-refractivity contribution in [2.24, 2.45) is 0 Å². The van der Waals surface area contributed by atoms with Crippen LogP contribution in [0.4, 0.5) is 0 Å². The standard InChI is InChI=1S/C20H28O11/c21-11-5-3-10(4-6-11)2-1-7-28-20-18(27)16(25)15(24)13(31-20)9-30-19-17(26)14(23)12(22)8-29-19/h1-6,12-27H,7-9H2. The van der Waals surface area contributed by atoms with Crippen molar-refractivity contribution in [3.05, 3.63) is 35.9 Å². The topological polar surface area (TPSA) is 179 Å². The lowest BCUT2D eigenvalue weighted by molar-refractivity contribution is -0.319. The van der Waals surface area contributed by atoms with Crippen molar-refractivity contribution in [2.75, 3.05) is 19.8 Å². The van der Waals surface area contributed by atoms with Gasteiger partial charge >= 0.3 is 0 Å². The second-order valence-electron chi connectivity index (χ2n) is 7.43. The molecule has 0 bridgehead atoms. The lowest BCUT2D eigenvalue weighted by Crippen LogP contribution is -2.60. The quantitative estimate of drug-likeness (QED) is 0.240. The molecule has 9 unspecified atom stereocenters. The van der Waals surface area contributed by atoms with Crippen LogP contribution in [0.2, 0.25) is 0 Å². The Morgan fingerprint density at radius 1 is 0.839 bits per heavy atom. The van der Waals surface area contributed by atoms with Crippen molar-refractivity contribution in [3.63, 3.8) is 0 Å². The third kappa shape index (κ3) is 5.99. The number of phenols is 1. The van der Waals surface area contributed by atoms with Gasteiger partial charge in [-0.15, -0.1) is 0 Å². The van der Waals surface area contributed by atoms with Crippen LogP contribution in [0, 0.1) is 0 Å². The number of aromatic hydroxyl groups is 1. The van der Waals surface area contributed by atoms with Crippen LogP contribution in [0.15, 0.2) is 30.3 Å². The Bertz CT molecular complexity index is 712. The van der Waals surface area contributed by atoms with Crippen LogP contribution in [-0.2, 0) is 18.9 Å². The maximum absolute atomic E-state index is 10.2. The fourth-order valence-electron chi connectivity index (χ4n) is 3.23. The average molecular weight is 444 g/mol. The first-order chi connectivity index (χ1) is 14.8. The number of rotatable bonds is 7. The molecule has 0 spiro atoms. The molecule has 0 amide bonds. The van der Waals surface area contributed by atoms with Gasteiger partial charge in [-0.25, -0.2) is 0 Å². The molecule has 0 radical (unpaired) electrons. The van der Waals surface area contributed by atoms with Gasteiger partial charge < -0.3 is 54.7 Å². The molecule has 2 fully saturated rings. The first-order valence-electron chi connectivity index (χ1n) is 9.82. The van der Waals surface area contributed by atoms with E-state index in [0.717, 1.165) is 5.56 Å². The zero-order valence-electron chi connectivity index (χ0n) is 16.5. The molecular formula is C20H28O11. The van der Waals surface area contributed by atoms with Gasteiger partial charge in [-0.2, -0.15) is 0 Å². The summed E-state index contributed by atoms with van der Waals surface area (Å²) < 4.78 is 21.4. The summed E-state index contributed by atoms with van der Waals surface area (Å²) in [7, 11) is 0. The molecule has 11 nitrogen and oxygen atoms in total. The molecule has 0 aromatic heterocycles. The lowest BCUT2D eigenvalue weighted by atomic mass is 9.99. The molecule has 2 aliphatic rings. The van der Waals surface area contributed by atoms with Gasteiger partial charge in [-0.3, -0.25) is 0 Å².